The number of carbonyl (C=O) groups excluding carboxylic acids is 2. The van der Waals surface area contributed by atoms with E-state index in [9.17, 15) is 19.8 Å². The summed E-state index contributed by atoms with van der Waals surface area (Å²) < 4.78 is 13.4. The summed E-state index contributed by atoms with van der Waals surface area (Å²) in [5.41, 5.74) is 5.98. The molecule has 9 nitrogen and oxygen atoms in total. The molecule has 2 fully saturated rings. The number of hydrogen-bond donors (Lipinski definition) is 4. The lowest BCUT2D eigenvalue weighted by atomic mass is 9.89. The van der Waals surface area contributed by atoms with Gasteiger partial charge in [0, 0.05) is 50.5 Å². The molecule has 0 aromatic heterocycles. The maximum absolute atomic E-state index is 12.5. The summed E-state index contributed by atoms with van der Waals surface area (Å²) in [7, 11) is 0. The Hall–Kier alpha value is -3.60. The van der Waals surface area contributed by atoms with Crippen LogP contribution in [0.2, 0.25) is 0 Å². The second-order valence-electron chi connectivity index (χ2n) is 13.1. The highest BCUT2D eigenvalue weighted by molar-refractivity contribution is 5.76. The molecule has 3 aromatic carbocycles. The maximum atomic E-state index is 12.5. The molecule has 5 rings (SSSR count). The summed E-state index contributed by atoms with van der Waals surface area (Å²) >= 11 is 0. The van der Waals surface area contributed by atoms with Gasteiger partial charge in [-0.2, -0.15) is 0 Å². The smallest absolute Gasteiger partial charge is 0.220 e. The molecule has 258 valence electrons. The molecule has 2 heterocycles. The molecule has 2 amide bonds. The number of aliphatic hydroxyl groups excluding tert-OH is 2. The van der Waals surface area contributed by atoms with Crippen LogP contribution in [0.3, 0.4) is 0 Å². The number of amides is 2. The first-order valence-corrected chi connectivity index (χ1v) is 17.4. The lowest BCUT2D eigenvalue weighted by molar-refractivity contribution is -0.276. The number of nitrogens with zero attached hydrogens (tertiary/aromatic N) is 1. The summed E-state index contributed by atoms with van der Waals surface area (Å²) in [4.78, 5) is 25.9. The van der Waals surface area contributed by atoms with Crippen molar-refractivity contribution in [2.24, 2.45) is 5.92 Å². The molecule has 0 unspecified atom stereocenters. The second-order valence-corrected chi connectivity index (χ2v) is 13.1. The molecule has 2 saturated heterocycles. The number of nitrogens with one attached hydrogen (secondary N) is 2. The van der Waals surface area contributed by atoms with Crippen LogP contribution >= 0.6 is 0 Å². The van der Waals surface area contributed by atoms with Gasteiger partial charge in [0.05, 0.1) is 25.4 Å². The van der Waals surface area contributed by atoms with Crippen molar-refractivity contribution in [1.29, 1.82) is 0 Å². The van der Waals surface area contributed by atoms with E-state index in [1.807, 2.05) is 42.5 Å². The van der Waals surface area contributed by atoms with E-state index in [0.717, 1.165) is 78.6 Å². The monoisotopic (exact) mass is 657 g/mol. The number of ether oxygens (including phenoxy) is 2. The molecule has 0 bridgehead atoms. The number of carbonyl (C=O) groups is 2. The minimum Gasteiger partial charge on any atom is -0.395 e. The van der Waals surface area contributed by atoms with Crippen molar-refractivity contribution in [2.45, 2.75) is 90.1 Å². The first-order chi connectivity index (χ1) is 23.4. The summed E-state index contributed by atoms with van der Waals surface area (Å²) in [5, 5.41) is 25.4. The summed E-state index contributed by atoms with van der Waals surface area (Å²) in [6.45, 7) is 6.60. The molecule has 5 atom stereocenters. The van der Waals surface area contributed by atoms with Gasteiger partial charge in [-0.1, -0.05) is 86.1 Å². The number of rotatable bonds is 15. The summed E-state index contributed by atoms with van der Waals surface area (Å²) in [6.07, 6.45) is 4.22. The van der Waals surface area contributed by atoms with Gasteiger partial charge in [-0.25, -0.2) is 0 Å². The fourth-order valence-corrected chi connectivity index (χ4v) is 6.81. The van der Waals surface area contributed by atoms with Gasteiger partial charge < -0.3 is 30.3 Å². The minimum absolute atomic E-state index is 0.00278. The highest BCUT2D eigenvalue weighted by atomic mass is 16.7. The van der Waals surface area contributed by atoms with Crippen LogP contribution in [0.15, 0.2) is 72.8 Å². The molecule has 48 heavy (non-hydrogen) atoms. The molecule has 3 aromatic rings. The van der Waals surface area contributed by atoms with Crippen molar-refractivity contribution in [3.8, 4) is 11.1 Å². The Morgan fingerprint density at radius 3 is 2.38 bits per heavy atom. The van der Waals surface area contributed by atoms with Crippen LogP contribution < -0.4 is 10.6 Å². The third kappa shape index (κ3) is 9.51. The minimum atomic E-state index is -0.564. The first-order valence-electron chi connectivity index (χ1n) is 17.4. The van der Waals surface area contributed by atoms with Crippen molar-refractivity contribution >= 4 is 11.8 Å². The van der Waals surface area contributed by atoms with E-state index in [1.54, 1.807) is 0 Å². The first kappa shape index (κ1) is 35.7. The van der Waals surface area contributed by atoms with Crippen molar-refractivity contribution in [3.05, 3.63) is 95.1 Å². The van der Waals surface area contributed by atoms with Gasteiger partial charge in [0.15, 0.2) is 6.29 Å². The largest absolute Gasteiger partial charge is 0.395 e. The predicted molar refractivity (Wildman–Crippen MR) is 186 cm³/mol. The van der Waals surface area contributed by atoms with Crippen LogP contribution in [-0.4, -0.2) is 65.3 Å². The number of benzene rings is 3. The number of aliphatic hydroxyl groups is 2. The SMILES string of the molecule is CC(=O)NCCCCCC(=O)NCc1ccccc1-c1ccc([C@H]2O[C@@H](CN3CCC[C@H]3CO)[C@@H](C)[C@@H](c3ccc(CO)cc3)O2)cc1. The van der Waals surface area contributed by atoms with E-state index in [4.69, 9.17) is 9.47 Å². The summed E-state index contributed by atoms with van der Waals surface area (Å²) in [6, 6.07) is 24.5. The molecule has 4 N–H and O–H groups in total. The van der Waals surface area contributed by atoms with Gasteiger partial charge in [0.25, 0.3) is 0 Å². The molecular weight excluding hydrogens is 606 g/mol. The Morgan fingerprint density at radius 2 is 1.65 bits per heavy atom. The molecule has 0 saturated carbocycles. The van der Waals surface area contributed by atoms with Crippen LogP contribution in [0.1, 0.15) is 87.0 Å². The maximum Gasteiger partial charge on any atom is 0.220 e. The third-order valence-electron chi connectivity index (χ3n) is 9.69. The zero-order valence-corrected chi connectivity index (χ0v) is 28.3. The van der Waals surface area contributed by atoms with Crippen LogP contribution in [0.4, 0.5) is 0 Å². The van der Waals surface area contributed by atoms with E-state index >= 15 is 0 Å². The Labute approximate surface area is 284 Å². The molecule has 0 spiro atoms. The molecule has 0 aliphatic carbocycles. The van der Waals surface area contributed by atoms with Crippen molar-refractivity contribution in [2.75, 3.05) is 26.2 Å². The Bertz CT molecular complexity index is 1460. The quantitative estimate of drug-likeness (QED) is 0.162. The molecular formula is C39H51N3O6. The van der Waals surface area contributed by atoms with Gasteiger partial charge >= 0.3 is 0 Å². The Balaban J connectivity index is 1.26. The topological polar surface area (TPSA) is 120 Å². The van der Waals surface area contributed by atoms with Crippen molar-refractivity contribution in [1.82, 2.24) is 15.5 Å². The van der Waals surface area contributed by atoms with E-state index in [1.165, 1.54) is 6.92 Å². The average Bonchev–Trinajstić information content (AvgIpc) is 3.57. The average molecular weight is 658 g/mol. The predicted octanol–water partition coefficient (Wildman–Crippen LogP) is 5.41. The van der Waals surface area contributed by atoms with Gasteiger partial charge in [0.2, 0.25) is 11.8 Å². The highest BCUT2D eigenvalue weighted by Crippen LogP contribution is 2.42. The number of unbranched alkanes of at least 4 members (excludes halogenated alkanes) is 2. The molecule has 9 heteroatoms. The van der Waals surface area contributed by atoms with Gasteiger partial charge in [-0.05, 0) is 60.0 Å². The zero-order valence-electron chi connectivity index (χ0n) is 28.3. The third-order valence-corrected chi connectivity index (χ3v) is 9.69. The van der Waals surface area contributed by atoms with Crippen LogP contribution in [-0.2, 0) is 32.2 Å². The molecule has 2 aliphatic rings. The van der Waals surface area contributed by atoms with E-state index in [0.29, 0.717) is 19.5 Å². The van der Waals surface area contributed by atoms with Crippen molar-refractivity contribution < 1.29 is 29.3 Å². The second kappa shape index (κ2) is 17.7. The Kier molecular flexibility index (Phi) is 13.2. The molecule has 2 aliphatic heterocycles. The molecule has 0 radical (unpaired) electrons. The highest BCUT2D eigenvalue weighted by Gasteiger charge is 2.40. The number of hydrogen-bond acceptors (Lipinski definition) is 7. The van der Waals surface area contributed by atoms with Gasteiger partial charge in [0.1, 0.15) is 0 Å². The Morgan fingerprint density at radius 1 is 0.896 bits per heavy atom. The van der Waals surface area contributed by atoms with E-state index in [2.05, 4.69) is 52.8 Å². The number of likely N-dealkylation sites (tertiary alicyclic amines) is 1. The van der Waals surface area contributed by atoms with Crippen LogP contribution in [0.5, 0.6) is 0 Å². The van der Waals surface area contributed by atoms with Crippen molar-refractivity contribution in [3.63, 3.8) is 0 Å². The standard InChI is InChI=1S/C39H51N3O6/c1-27-36(24-42-22-8-10-34(42)26-44)47-39(48-38(27)31-15-13-29(25-43)14-16-31)32-19-17-30(18-20-32)35-11-6-5-9-33(35)23-41-37(46)12-4-3-7-21-40-28(2)45/h5-6,9,11,13-20,27,34,36,38-39,43-44H,3-4,7-8,10,12,21-26H2,1-2H3,(H,40,45)(H,41,46)/t27-,34+,36+,38+,39+/m1/s1. The van der Waals surface area contributed by atoms with Gasteiger partial charge in [-0.3, -0.25) is 14.5 Å². The fraction of sp³-hybridized carbons (Fsp3) is 0.487. The lowest BCUT2D eigenvalue weighted by Crippen LogP contribution is -2.46. The van der Waals surface area contributed by atoms with E-state index < -0.39 is 6.29 Å². The van der Waals surface area contributed by atoms with Gasteiger partial charge in [-0.15, -0.1) is 0 Å². The fourth-order valence-electron chi connectivity index (χ4n) is 6.81. The summed E-state index contributed by atoms with van der Waals surface area (Å²) in [5.74, 6) is 0.0711. The van der Waals surface area contributed by atoms with Crippen LogP contribution in [0, 0.1) is 5.92 Å². The zero-order chi connectivity index (χ0) is 33.9. The normalized spacial score (nSPS) is 22.8. The lowest BCUT2D eigenvalue weighted by Gasteiger charge is -2.43. The van der Waals surface area contributed by atoms with E-state index in [-0.39, 0.29) is 49.2 Å². The van der Waals surface area contributed by atoms with Crippen LogP contribution in [0.25, 0.3) is 11.1 Å².